The van der Waals surface area contributed by atoms with Crippen molar-refractivity contribution in [2.24, 2.45) is 7.05 Å². The van der Waals surface area contributed by atoms with Crippen LogP contribution in [0.3, 0.4) is 0 Å². The summed E-state index contributed by atoms with van der Waals surface area (Å²) in [5.74, 6) is 2.36. The van der Waals surface area contributed by atoms with Gasteiger partial charge in [-0.2, -0.15) is 0 Å². The van der Waals surface area contributed by atoms with Gasteiger partial charge in [0.2, 0.25) is 0 Å². The zero-order valence-electron chi connectivity index (χ0n) is 16.9. The lowest BCUT2D eigenvalue weighted by Crippen LogP contribution is -2.40. The summed E-state index contributed by atoms with van der Waals surface area (Å²) in [7, 11) is 5.05. The molecule has 156 valence electrons. The van der Waals surface area contributed by atoms with Gasteiger partial charge in [-0.05, 0) is 41.5 Å². The minimum atomic E-state index is -0.645. The van der Waals surface area contributed by atoms with Crippen LogP contribution in [0.15, 0.2) is 48.8 Å². The zero-order chi connectivity index (χ0) is 21.3. The molecule has 0 saturated carbocycles. The number of ether oxygens (including phenoxy) is 3. The molecule has 0 aliphatic carbocycles. The number of hydrogen-bond donors (Lipinski definition) is 1. The van der Waals surface area contributed by atoms with Crippen molar-refractivity contribution in [3.05, 3.63) is 70.8 Å². The number of benzene rings is 2. The highest BCUT2D eigenvalue weighted by atomic mass is 35.5. The Morgan fingerprint density at radius 3 is 2.60 bits per heavy atom. The Morgan fingerprint density at radius 1 is 1.23 bits per heavy atom. The molecule has 0 bridgehead atoms. The Morgan fingerprint density at radius 2 is 1.97 bits per heavy atom. The second-order valence-electron chi connectivity index (χ2n) is 7.05. The van der Waals surface area contributed by atoms with Gasteiger partial charge in [-0.25, -0.2) is 4.98 Å². The van der Waals surface area contributed by atoms with E-state index in [1.165, 1.54) is 0 Å². The fourth-order valence-electron chi connectivity index (χ4n) is 3.55. The summed E-state index contributed by atoms with van der Waals surface area (Å²) in [4.78, 5) is 17.6. The third-order valence-electron chi connectivity index (χ3n) is 5.10. The van der Waals surface area contributed by atoms with E-state index in [9.17, 15) is 4.79 Å². The average Bonchev–Trinajstić information content (AvgIpc) is 3.37. The fourth-order valence-corrected chi connectivity index (χ4v) is 3.74. The van der Waals surface area contributed by atoms with Crippen LogP contribution in [0.25, 0.3) is 0 Å². The predicted molar refractivity (Wildman–Crippen MR) is 112 cm³/mol. The lowest BCUT2D eigenvalue weighted by Gasteiger charge is -2.22. The van der Waals surface area contributed by atoms with E-state index in [4.69, 9.17) is 25.8 Å². The van der Waals surface area contributed by atoms with Crippen LogP contribution in [0.1, 0.15) is 23.0 Å². The van der Waals surface area contributed by atoms with Gasteiger partial charge in [-0.1, -0.05) is 11.6 Å². The Kier molecular flexibility index (Phi) is 5.55. The standard InChI is InChI=1S/C22H22ClN3O4/c1-26-7-6-24-21(26)20(14-9-16(28-2)12-17(10-14)29-3)25-22(27)19-11-13-8-15(23)4-5-18(13)30-19/h4-10,12,19-20H,11H2,1-3H3,(H,25,27)/t19-,20-/m0/s1. The number of carbonyl (C=O) groups excluding carboxylic acids is 1. The molecule has 0 radical (unpaired) electrons. The maximum Gasteiger partial charge on any atom is 0.262 e. The molecular formula is C22H22ClN3O4. The highest BCUT2D eigenvalue weighted by Crippen LogP contribution is 2.33. The number of aryl methyl sites for hydroxylation is 1. The molecule has 0 fully saturated rings. The smallest absolute Gasteiger partial charge is 0.262 e. The van der Waals surface area contributed by atoms with Gasteiger partial charge < -0.3 is 24.1 Å². The molecular weight excluding hydrogens is 406 g/mol. The molecule has 8 heteroatoms. The number of halogens is 1. The van der Waals surface area contributed by atoms with Crippen LogP contribution in [0.2, 0.25) is 5.02 Å². The highest BCUT2D eigenvalue weighted by molar-refractivity contribution is 6.30. The number of rotatable bonds is 6. The summed E-state index contributed by atoms with van der Waals surface area (Å²) >= 11 is 6.07. The van der Waals surface area contributed by atoms with Crippen molar-refractivity contribution in [1.82, 2.24) is 14.9 Å². The first-order chi connectivity index (χ1) is 14.5. The minimum absolute atomic E-state index is 0.239. The van der Waals surface area contributed by atoms with Crippen molar-refractivity contribution < 1.29 is 19.0 Å². The fraction of sp³-hybridized carbons (Fsp3) is 0.273. The number of nitrogens with zero attached hydrogens (tertiary/aromatic N) is 2. The molecule has 30 heavy (non-hydrogen) atoms. The monoisotopic (exact) mass is 427 g/mol. The van der Waals surface area contributed by atoms with Crippen molar-refractivity contribution in [3.63, 3.8) is 0 Å². The van der Waals surface area contributed by atoms with E-state index in [2.05, 4.69) is 10.3 Å². The van der Waals surface area contributed by atoms with Crippen LogP contribution in [-0.2, 0) is 18.3 Å². The van der Waals surface area contributed by atoms with E-state index in [1.54, 1.807) is 38.6 Å². The van der Waals surface area contributed by atoms with Crippen molar-refractivity contribution in [1.29, 1.82) is 0 Å². The molecule has 7 nitrogen and oxygen atoms in total. The molecule has 1 aliphatic rings. The number of nitrogens with one attached hydrogen (secondary N) is 1. The van der Waals surface area contributed by atoms with Gasteiger partial charge in [0.25, 0.3) is 5.91 Å². The molecule has 1 aliphatic heterocycles. The van der Waals surface area contributed by atoms with Gasteiger partial charge in [0.1, 0.15) is 29.1 Å². The van der Waals surface area contributed by atoms with E-state index in [0.29, 0.717) is 34.5 Å². The molecule has 0 unspecified atom stereocenters. The van der Waals surface area contributed by atoms with Crippen molar-refractivity contribution in [3.8, 4) is 17.2 Å². The first-order valence-corrected chi connectivity index (χ1v) is 9.82. The van der Waals surface area contributed by atoms with E-state index >= 15 is 0 Å². The van der Waals surface area contributed by atoms with E-state index < -0.39 is 12.1 Å². The van der Waals surface area contributed by atoms with Crippen molar-refractivity contribution in [2.45, 2.75) is 18.6 Å². The summed E-state index contributed by atoms with van der Waals surface area (Å²) in [6, 6.07) is 10.3. The SMILES string of the molecule is COc1cc(OC)cc([C@H](NC(=O)[C@@H]2Cc3cc(Cl)ccc3O2)c2nccn2C)c1. The third kappa shape index (κ3) is 3.93. The molecule has 1 aromatic heterocycles. The molecule has 0 spiro atoms. The normalized spacial score (nSPS) is 15.8. The molecule has 2 heterocycles. The van der Waals surface area contributed by atoms with E-state index in [1.807, 2.05) is 36.0 Å². The molecule has 1 N–H and O–H groups in total. The summed E-state index contributed by atoms with van der Waals surface area (Å²) in [5.41, 5.74) is 1.70. The summed E-state index contributed by atoms with van der Waals surface area (Å²) in [6.07, 6.45) is 3.33. The summed E-state index contributed by atoms with van der Waals surface area (Å²) < 4.78 is 18.5. The first-order valence-electron chi connectivity index (χ1n) is 9.44. The Bertz CT molecular complexity index is 1060. The van der Waals surface area contributed by atoms with Gasteiger partial charge >= 0.3 is 0 Å². The lowest BCUT2D eigenvalue weighted by molar-refractivity contribution is -0.127. The van der Waals surface area contributed by atoms with Crippen LogP contribution in [0.5, 0.6) is 17.2 Å². The van der Waals surface area contributed by atoms with Crippen molar-refractivity contribution in [2.75, 3.05) is 14.2 Å². The van der Waals surface area contributed by atoms with Crippen LogP contribution in [0, 0.1) is 0 Å². The van der Waals surface area contributed by atoms with Crippen LogP contribution in [0.4, 0.5) is 0 Å². The second-order valence-corrected chi connectivity index (χ2v) is 7.48. The van der Waals surface area contributed by atoms with Crippen LogP contribution < -0.4 is 19.5 Å². The summed E-state index contributed by atoms with van der Waals surface area (Å²) in [6.45, 7) is 0. The predicted octanol–water partition coefficient (Wildman–Crippen LogP) is 3.30. The number of amides is 1. The number of fused-ring (bicyclic) bond motifs is 1. The largest absolute Gasteiger partial charge is 0.497 e. The Balaban J connectivity index is 1.64. The van der Waals surface area contributed by atoms with Gasteiger partial charge in [-0.15, -0.1) is 0 Å². The Labute approximate surface area is 179 Å². The molecule has 2 aromatic carbocycles. The van der Waals surface area contributed by atoms with Gasteiger partial charge in [0.15, 0.2) is 6.10 Å². The van der Waals surface area contributed by atoms with Gasteiger partial charge in [0.05, 0.1) is 14.2 Å². The molecule has 3 aromatic rings. The average molecular weight is 428 g/mol. The third-order valence-corrected chi connectivity index (χ3v) is 5.33. The van der Waals surface area contributed by atoms with E-state index in [0.717, 1.165) is 11.1 Å². The molecule has 1 amide bonds. The number of methoxy groups -OCH3 is 2. The zero-order valence-corrected chi connectivity index (χ0v) is 17.6. The van der Waals surface area contributed by atoms with Crippen LogP contribution in [-0.4, -0.2) is 35.8 Å². The number of aromatic nitrogens is 2. The second kappa shape index (κ2) is 8.28. The maximum absolute atomic E-state index is 13.1. The molecule has 0 saturated heterocycles. The first kappa shape index (κ1) is 20.1. The van der Waals surface area contributed by atoms with Crippen molar-refractivity contribution >= 4 is 17.5 Å². The number of carbonyl (C=O) groups is 1. The molecule has 4 rings (SSSR count). The Hall–Kier alpha value is -3.19. The minimum Gasteiger partial charge on any atom is -0.497 e. The summed E-state index contributed by atoms with van der Waals surface area (Å²) in [5, 5.41) is 3.70. The highest BCUT2D eigenvalue weighted by Gasteiger charge is 2.32. The quantitative estimate of drug-likeness (QED) is 0.653. The number of imidazole rings is 1. The molecule has 2 atom stereocenters. The van der Waals surface area contributed by atoms with Gasteiger partial charge in [0, 0.05) is 37.0 Å². The van der Waals surface area contributed by atoms with E-state index in [-0.39, 0.29) is 5.91 Å². The van der Waals surface area contributed by atoms with Crippen LogP contribution >= 0.6 is 11.6 Å². The lowest BCUT2D eigenvalue weighted by atomic mass is 10.0. The van der Waals surface area contributed by atoms with Gasteiger partial charge in [-0.3, -0.25) is 4.79 Å². The maximum atomic E-state index is 13.1. The topological polar surface area (TPSA) is 74.6 Å². The number of hydrogen-bond acceptors (Lipinski definition) is 5.